The zero-order valence-corrected chi connectivity index (χ0v) is 18.1. The Morgan fingerprint density at radius 1 is 1.12 bits per heavy atom. The molecule has 0 bridgehead atoms. The smallest absolute Gasteiger partial charge is 0.306 e. The second-order valence-electron chi connectivity index (χ2n) is 9.21. The first-order valence-corrected chi connectivity index (χ1v) is 11.5. The van der Waals surface area contributed by atoms with E-state index in [1.54, 1.807) is 18.3 Å². The fourth-order valence-electron chi connectivity index (χ4n) is 5.72. The number of pyridine rings is 1. The Morgan fingerprint density at radius 2 is 1.91 bits per heavy atom. The number of aromatic nitrogens is 4. The summed E-state index contributed by atoms with van der Waals surface area (Å²) >= 11 is 0. The minimum atomic E-state index is -0.726. The third-order valence-corrected chi connectivity index (χ3v) is 7.30. The second-order valence-corrected chi connectivity index (χ2v) is 9.21. The molecule has 2 aliphatic rings. The molecular weight excluding hydrogens is 423 g/mol. The Labute approximate surface area is 189 Å². The number of hydrogen-bond donors (Lipinski definition) is 2. The van der Waals surface area contributed by atoms with Crippen LogP contribution in [-0.2, 0) is 9.53 Å². The first-order valence-electron chi connectivity index (χ1n) is 11.5. The molecule has 7 nitrogen and oxygen atoms in total. The minimum absolute atomic E-state index is 0.112. The lowest BCUT2D eigenvalue weighted by Crippen LogP contribution is -2.19. The molecule has 2 atom stereocenters. The lowest BCUT2D eigenvalue weighted by Gasteiger charge is -2.27. The van der Waals surface area contributed by atoms with E-state index in [1.165, 1.54) is 17.8 Å². The molecule has 2 fully saturated rings. The Balaban J connectivity index is 1.65. The third kappa shape index (κ3) is 3.40. The average Bonchev–Trinajstić information content (AvgIpc) is 3.55. The van der Waals surface area contributed by atoms with E-state index in [1.807, 2.05) is 0 Å². The highest BCUT2D eigenvalue weighted by atomic mass is 19.1. The zero-order valence-electron chi connectivity index (χ0n) is 18.1. The van der Waals surface area contributed by atoms with Crippen LogP contribution in [0.15, 0.2) is 36.5 Å². The summed E-state index contributed by atoms with van der Waals surface area (Å²) in [6, 6.07) is 8.65. The molecule has 3 aromatic heterocycles. The normalized spacial score (nSPS) is 21.8. The van der Waals surface area contributed by atoms with E-state index < -0.39 is 5.97 Å². The molecule has 8 heteroatoms. The highest BCUT2D eigenvalue weighted by Crippen LogP contribution is 2.47. The van der Waals surface area contributed by atoms with Gasteiger partial charge in [-0.25, -0.2) is 9.37 Å². The van der Waals surface area contributed by atoms with E-state index in [9.17, 15) is 14.3 Å². The van der Waals surface area contributed by atoms with Gasteiger partial charge >= 0.3 is 5.97 Å². The lowest BCUT2D eigenvalue weighted by molar-refractivity contribution is -0.141. The molecule has 6 rings (SSSR count). The summed E-state index contributed by atoms with van der Waals surface area (Å²) in [5, 5.41) is 17.7. The fraction of sp³-hybridized carbons (Fsp3) is 0.400. The topological polar surface area (TPSA) is 93.0 Å². The van der Waals surface area contributed by atoms with Crippen molar-refractivity contribution in [3.8, 4) is 5.69 Å². The highest BCUT2D eigenvalue weighted by Gasteiger charge is 2.37. The van der Waals surface area contributed by atoms with Crippen LogP contribution in [-0.4, -0.2) is 44.0 Å². The maximum absolute atomic E-state index is 13.8. The number of aliphatic carboxylic acids is 1. The van der Waals surface area contributed by atoms with Gasteiger partial charge in [-0.15, -0.1) is 0 Å². The summed E-state index contributed by atoms with van der Waals surface area (Å²) < 4.78 is 21.7. The predicted molar refractivity (Wildman–Crippen MR) is 121 cm³/mol. The molecule has 1 unspecified atom stereocenters. The van der Waals surface area contributed by atoms with Crippen molar-refractivity contribution in [1.29, 1.82) is 0 Å². The molecule has 0 spiro atoms. The van der Waals surface area contributed by atoms with Gasteiger partial charge in [-0.1, -0.05) is 0 Å². The summed E-state index contributed by atoms with van der Waals surface area (Å²) in [6.45, 7) is 1.38. The molecule has 4 heterocycles. The van der Waals surface area contributed by atoms with Gasteiger partial charge in [-0.2, -0.15) is 5.10 Å². The first kappa shape index (κ1) is 20.4. The molecule has 1 saturated carbocycles. The van der Waals surface area contributed by atoms with Crippen LogP contribution in [0.3, 0.4) is 0 Å². The molecule has 1 aromatic carbocycles. The van der Waals surface area contributed by atoms with Crippen LogP contribution in [0, 0.1) is 11.7 Å². The number of carboxylic acids is 1. The first-order chi connectivity index (χ1) is 16.1. The lowest BCUT2D eigenvalue weighted by atomic mass is 9.87. The maximum atomic E-state index is 13.8. The van der Waals surface area contributed by atoms with Gasteiger partial charge in [0.25, 0.3) is 0 Å². The number of nitrogens with one attached hydrogen (secondary N) is 1. The number of aromatic amines is 1. The van der Waals surface area contributed by atoms with Crippen LogP contribution < -0.4 is 0 Å². The predicted octanol–water partition coefficient (Wildman–Crippen LogP) is 4.90. The Hall–Kier alpha value is -3.26. The quantitative estimate of drug-likeness (QED) is 0.463. The summed E-state index contributed by atoms with van der Waals surface area (Å²) in [6.07, 6.45) is 5.63. The van der Waals surface area contributed by atoms with Crippen LogP contribution in [0.25, 0.3) is 27.8 Å². The van der Waals surface area contributed by atoms with E-state index in [-0.39, 0.29) is 23.6 Å². The molecule has 170 valence electrons. The van der Waals surface area contributed by atoms with E-state index in [0.717, 1.165) is 46.9 Å². The van der Waals surface area contributed by atoms with Gasteiger partial charge in [-0.3, -0.25) is 9.89 Å². The molecule has 0 radical (unpaired) electrons. The number of H-pyrrole nitrogens is 1. The van der Waals surface area contributed by atoms with Crippen molar-refractivity contribution in [2.45, 2.75) is 43.9 Å². The number of carboxylic acid groups (broad SMARTS) is 1. The molecule has 2 N–H and O–H groups in total. The summed E-state index contributed by atoms with van der Waals surface area (Å²) in [4.78, 5) is 16.7. The van der Waals surface area contributed by atoms with Gasteiger partial charge in [0.2, 0.25) is 0 Å². The largest absolute Gasteiger partial charge is 0.481 e. The Kier molecular flexibility index (Phi) is 4.90. The number of hydrogen-bond acceptors (Lipinski definition) is 4. The van der Waals surface area contributed by atoms with Gasteiger partial charge in [-0.05, 0) is 68.4 Å². The molecule has 1 aliphatic carbocycles. The van der Waals surface area contributed by atoms with Crippen molar-refractivity contribution in [2.75, 3.05) is 13.2 Å². The number of ether oxygens (including phenoxy) is 1. The van der Waals surface area contributed by atoms with Crippen molar-refractivity contribution in [3.63, 3.8) is 0 Å². The molecule has 33 heavy (non-hydrogen) atoms. The number of halogens is 1. The van der Waals surface area contributed by atoms with Crippen LogP contribution >= 0.6 is 0 Å². The minimum Gasteiger partial charge on any atom is -0.481 e. The van der Waals surface area contributed by atoms with Crippen molar-refractivity contribution in [2.24, 2.45) is 5.92 Å². The summed E-state index contributed by atoms with van der Waals surface area (Å²) in [5.74, 6) is -0.971. The van der Waals surface area contributed by atoms with Crippen LogP contribution in [0.4, 0.5) is 4.39 Å². The number of carbonyl (C=O) groups is 1. The SMILES string of the molecule is O=C(O)[C@@H]1CCC(c2c(C3CCOCC3)n(-c3ccc(F)cc3)c3cc4cn[nH]c4nc23)C1. The van der Waals surface area contributed by atoms with Crippen LogP contribution in [0.5, 0.6) is 0 Å². The van der Waals surface area contributed by atoms with E-state index in [4.69, 9.17) is 9.72 Å². The molecule has 1 aliphatic heterocycles. The van der Waals surface area contributed by atoms with Gasteiger partial charge in [0.1, 0.15) is 5.82 Å². The third-order valence-electron chi connectivity index (χ3n) is 7.30. The maximum Gasteiger partial charge on any atom is 0.306 e. The monoisotopic (exact) mass is 448 g/mol. The van der Waals surface area contributed by atoms with Crippen molar-refractivity contribution in [1.82, 2.24) is 19.7 Å². The van der Waals surface area contributed by atoms with Crippen LogP contribution in [0.2, 0.25) is 0 Å². The standard InChI is InChI=1S/C25H25FN4O3/c26-18-3-5-19(6-4-18)30-20-12-17-13-27-29-24(17)28-22(20)21(15-1-2-16(11-15)25(31)32)23(30)14-7-9-33-10-8-14/h3-6,12-16H,1-2,7-11H2,(H,31,32)(H,27,28,29)/t15?,16-/m1/s1. The molecule has 4 aromatic rings. The Bertz CT molecular complexity index is 1340. The highest BCUT2D eigenvalue weighted by molar-refractivity contribution is 5.93. The van der Waals surface area contributed by atoms with E-state index in [0.29, 0.717) is 31.7 Å². The summed E-state index contributed by atoms with van der Waals surface area (Å²) in [5.41, 5.74) is 5.74. The molecular formula is C25H25FN4O3. The zero-order chi connectivity index (χ0) is 22.5. The molecule has 0 amide bonds. The average molecular weight is 448 g/mol. The van der Waals surface area contributed by atoms with Crippen molar-refractivity contribution in [3.05, 3.63) is 53.6 Å². The van der Waals surface area contributed by atoms with Crippen molar-refractivity contribution < 1.29 is 19.0 Å². The van der Waals surface area contributed by atoms with E-state index >= 15 is 0 Å². The number of nitrogens with zero attached hydrogens (tertiary/aromatic N) is 3. The fourth-order valence-corrected chi connectivity index (χ4v) is 5.72. The Morgan fingerprint density at radius 3 is 2.64 bits per heavy atom. The van der Waals surface area contributed by atoms with Crippen molar-refractivity contribution >= 4 is 28.0 Å². The van der Waals surface area contributed by atoms with E-state index in [2.05, 4.69) is 20.8 Å². The molecule has 1 saturated heterocycles. The van der Waals surface area contributed by atoms with Crippen LogP contribution in [0.1, 0.15) is 55.2 Å². The van der Waals surface area contributed by atoms with Gasteiger partial charge in [0.15, 0.2) is 5.65 Å². The van der Waals surface area contributed by atoms with Gasteiger partial charge in [0, 0.05) is 41.5 Å². The number of benzene rings is 1. The van der Waals surface area contributed by atoms with Gasteiger partial charge < -0.3 is 14.4 Å². The number of fused-ring (bicyclic) bond motifs is 2. The van der Waals surface area contributed by atoms with Gasteiger partial charge in [0.05, 0.1) is 23.1 Å². The second kappa shape index (κ2) is 7.95. The summed E-state index contributed by atoms with van der Waals surface area (Å²) in [7, 11) is 0. The number of rotatable bonds is 4.